The first-order valence-electron chi connectivity index (χ1n) is 40.3. The van der Waals surface area contributed by atoms with E-state index >= 15 is 0 Å². The van der Waals surface area contributed by atoms with Crippen molar-refractivity contribution in [2.75, 3.05) is 0 Å². The van der Waals surface area contributed by atoms with Gasteiger partial charge in [0, 0.05) is 81.2 Å². The van der Waals surface area contributed by atoms with E-state index in [2.05, 4.69) is 408 Å². The highest BCUT2D eigenvalue weighted by atomic mass is 15.2. The number of rotatable bonds is 6. The van der Waals surface area contributed by atoms with Gasteiger partial charge in [-0.25, -0.2) is 19.9 Å². The molecule has 0 bridgehead atoms. The van der Waals surface area contributed by atoms with Gasteiger partial charge in [-0.15, -0.1) is 0 Å². The Labute approximate surface area is 670 Å². The molecule has 0 unspecified atom stereocenters. The summed E-state index contributed by atoms with van der Waals surface area (Å²) in [6, 6.07) is 136. The molecule has 0 saturated carbocycles. The number of aromatic nitrogens is 8. The van der Waals surface area contributed by atoms with E-state index in [1.807, 2.05) is 0 Å². The molecular weight excluding hydrogens is 1420 g/mol. The molecule has 544 valence electrons. The zero-order chi connectivity index (χ0) is 76.9. The van der Waals surface area contributed by atoms with Crippen LogP contribution in [-0.4, -0.2) is 38.2 Å². The second-order valence-corrected chi connectivity index (χ2v) is 31.9. The lowest BCUT2D eigenvalue weighted by molar-refractivity contribution is 0.660. The van der Waals surface area contributed by atoms with Crippen LogP contribution in [-0.2, 0) is 5.41 Å². The van der Waals surface area contributed by atoms with E-state index in [4.69, 9.17) is 19.9 Å². The van der Waals surface area contributed by atoms with Crippen molar-refractivity contribution in [1.82, 2.24) is 38.2 Å². The third-order valence-corrected chi connectivity index (χ3v) is 25.3. The Hall–Kier alpha value is -15.4. The maximum absolute atomic E-state index is 5.59. The molecule has 6 aromatic heterocycles. The Balaban J connectivity index is 0.000000131. The van der Waals surface area contributed by atoms with Crippen LogP contribution in [0.4, 0.5) is 0 Å². The molecular formula is C109H68N8. The maximum Gasteiger partial charge on any atom is 0.235 e. The van der Waals surface area contributed by atoms with Crippen LogP contribution in [0.1, 0.15) is 25.0 Å². The van der Waals surface area contributed by atoms with Gasteiger partial charge in [0.15, 0.2) is 0 Å². The van der Waals surface area contributed by atoms with Crippen molar-refractivity contribution in [2.45, 2.75) is 19.3 Å². The molecule has 1 aliphatic carbocycles. The fourth-order valence-corrected chi connectivity index (χ4v) is 20.2. The molecule has 117 heavy (non-hydrogen) atoms. The predicted octanol–water partition coefficient (Wildman–Crippen LogP) is 28.2. The fraction of sp³-hybridized carbons (Fsp3) is 0.0275. The van der Waals surface area contributed by atoms with Crippen molar-refractivity contribution in [1.29, 1.82) is 0 Å². The van der Waals surface area contributed by atoms with Gasteiger partial charge in [0.05, 0.1) is 77.9 Å². The molecule has 8 nitrogen and oxygen atoms in total. The lowest BCUT2D eigenvalue weighted by atomic mass is 9.82. The van der Waals surface area contributed by atoms with Gasteiger partial charge in [-0.1, -0.05) is 317 Å². The second kappa shape index (κ2) is 24.8. The first-order valence-corrected chi connectivity index (χ1v) is 40.3. The monoisotopic (exact) mass is 1490 g/mol. The first-order chi connectivity index (χ1) is 57.8. The van der Waals surface area contributed by atoms with Gasteiger partial charge in [-0.3, -0.25) is 9.13 Å². The zero-order valence-corrected chi connectivity index (χ0v) is 63.9. The summed E-state index contributed by atoms with van der Waals surface area (Å²) in [7, 11) is 0. The van der Waals surface area contributed by atoms with Gasteiger partial charge >= 0.3 is 0 Å². The van der Waals surface area contributed by atoms with E-state index in [9.17, 15) is 0 Å². The highest BCUT2D eigenvalue weighted by Gasteiger charge is 2.36. The van der Waals surface area contributed by atoms with Gasteiger partial charge in [0.25, 0.3) is 0 Å². The van der Waals surface area contributed by atoms with Crippen molar-refractivity contribution in [3.05, 3.63) is 387 Å². The molecule has 0 N–H and O–H groups in total. The Morgan fingerprint density at radius 2 is 0.547 bits per heavy atom. The topological polar surface area (TPSA) is 71.3 Å². The number of nitrogens with zero attached hydrogens (tertiary/aromatic N) is 8. The Bertz CT molecular complexity index is 8640. The first kappa shape index (κ1) is 65.2. The maximum atomic E-state index is 5.59. The summed E-state index contributed by atoms with van der Waals surface area (Å²) in [4.78, 5) is 21.9. The highest BCUT2D eigenvalue weighted by Crippen LogP contribution is 2.52. The van der Waals surface area contributed by atoms with E-state index in [0.717, 1.165) is 99.3 Å². The minimum absolute atomic E-state index is 0.128. The summed E-state index contributed by atoms with van der Waals surface area (Å²) in [5, 5.41) is 26.3. The van der Waals surface area contributed by atoms with Gasteiger partial charge in [-0.05, 0) is 149 Å². The van der Waals surface area contributed by atoms with Crippen molar-refractivity contribution < 1.29 is 0 Å². The molecule has 25 aromatic rings. The molecule has 26 rings (SSSR count). The molecule has 19 aromatic carbocycles. The minimum Gasteiger partial charge on any atom is -0.308 e. The summed E-state index contributed by atoms with van der Waals surface area (Å²) < 4.78 is 9.60. The summed E-state index contributed by atoms with van der Waals surface area (Å²) in [5.74, 6) is 1.30. The Kier molecular flexibility index (Phi) is 13.8. The number of hydrogen-bond acceptors (Lipinski definition) is 4. The molecule has 0 radical (unpaired) electrons. The Morgan fingerprint density at radius 3 is 1.05 bits per heavy atom. The third kappa shape index (κ3) is 9.46. The average Bonchev–Trinajstić information content (AvgIpc) is 1.55. The van der Waals surface area contributed by atoms with E-state index in [-0.39, 0.29) is 5.41 Å². The van der Waals surface area contributed by atoms with Crippen LogP contribution in [0.5, 0.6) is 0 Å². The standard InChI is InChI=1S/C55H36N4.C54H32N4/c1-55(2)43-23-11-7-19-38(43)39-29-27-35(31-44(39)55)52-40-20-8-12-24-45(40)56-54(57-52)59-47-26-14-10-22-42(47)51-49(59)32-34-16-4-6-18-37(34)53(51)58-46-25-13-9-21-41(46)50-36-17-5-3-15-33(36)28-30-48(50)58;1-4-16-38-33(13-1)25-26-35-27-28-37(31-44(35)38)52-41-19-7-10-22-45(41)55-54(56-52)58-47-24-12-9-21-43(47)51-49(58)32-36-15-3-6-18-40(36)53(51)57-46-23-11-8-20-42(46)50-39-17-5-2-14-34(39)29-30-48(50)57/h3-32H,1-2H3;1-32H. The highest BCUT2D eigenvalue weighted by molar-refractivity contribution is 6.28. The van der Waals surface area contributed by atoms with Gasteiger partial charge in [-0.2, -0.15) is 0 Å². The van der Waals surface area contributed by atoms with E-state index in [1.165, 1.54) is 131 Å². The van der Waals surface area contributed by atoms with Crippen LogP contribution >= 0.6 is 0 Å². The minimum atomic E-state index is -0.128. The van der Waals surface area contributed by atoms with Crippen molar-refractivity contribution in [2.24, 2.45) is 0 Å². The van der Waals surface area contributed by atoms with Crippen molar-refractivity contribution >= 4 is 174 Å². The van der Waals surface area contributed by atoms with Crippen LogP contribution < -0.4 is 0 Å². The summed E-state index contributed by atoms with van der Waals surface area (Å²) in [6.07, 6.45) is 0. The molecule has 8 heteroatoms. The summed E-state index contributed by atoms with van der Waals surface area (Å²) in [5.41, 5.74) is 22.3. The molecule has 0 saturated heterocycles. The van der Waals surface area contributed by atoms with Gasteiger partial charge in [0.1, 0.15) is 0 Å². The average molecular weight is 1490 g/mol. The van der Waals surface area contributed by atoms with Crippen molar-refractivity contribution in [3.63, 3.8) is 0 Å². The molecule has 6 heterocycles. The van der Waals surface area contributed by atoms with Crippen LogP contribution in [0.15, 0.2) is 376 Å². The molecule has 0 aliphatic heterocycles. The molecule has 0 atom stereocenters. The van der Waals surface area contributed by atoms with Gasteiger partial charge in [0.2, 0.25) is 11.9 Å². The summed E-state index contributed by atoms with van der Waals surface area (Å²) >= 11 is 0. The predicted molar refractivity (Wildman–Crippen MR) is 490 cm³/mol. The van der Waals surface area contributed by atoms with E-state index in [0.29, 0.717) is 11.9 Å². The van der Waals surface area contributed by atoms with Crippen LogP contribution in [0.2, 0.25) is 0 Å². The quantitative estimate of drug-likeness (QED) is 0.156. The normalized spacial score (nSPS) is 12.8. The van der Waals surface area contributed by atoms with Crippen LogP contribution in [0.25, 0.3) is 231 Å². The second-order valence-electron chi connectivity index (χ2n) is 31.9. The largest absolute Gasteiger partial charge is 0.308 e. The molecule has 0 fully saturated rings. The smallest absolute Gasteiger partial charge is 0.235 e. The van der Waals surface area contributed by atoms with Gasteiger partial charge < -0.3 is 9.13 Å². The van der Waals surface area contributed by atoms with E-state index < -0.39 is 0 Å². The SMILES string of the molecule is CC1(C)c2ccccc2-c2ccc(-c3nc(-n4c5ccccc5c5c(-n6c7ccccc7c7c8ccccc8ccc76)c6ccccc6cc54)nc4ccccc34)cc21.c1ccc2c(-n3c4ccccc4c4c5ccccc5ccc43)c3c4ccccc4n(-c4nc(-c5ccc6ccc7ccccc7c6c5)c5ccccc5n4)c3cc2c1. The molecule has 1 aliphatic rings. The van der Waals surface area contributed by atoms with Crippen molar-refractivity contribution in [3.8, 4) is 56.9 Å². The molecule has 0 spiro atoms. The summed E-state index contributed by atoms with van der Waals surface area (Å²) in [6.45, 7) is 4.68. The number of fused-ring (bicyclic) bond motifs is 26. The number of benzene rings is 19. The third-order valence-electron chi connectivity index (χ3n) is 25.3. The van der Waals surface area contributed by atoms with Crippen LogP contribution in [0, 0.1) is 0 Å². The lowest BCUT2D eigenvalue weighted by Gasteiger charge is -2.22. The zero-order valence-electron chi connectivity index (χ0n) is 63.9. The fourth-order valence-electron chi connectivity index (χ4n) is 20.2. The molecule has 0 amide bonds. The number of hydrogen-bond donors (Lipinski definition) is 0. The lowest BCUT2D eigenvalue weighted by Crippen LogP contribution is -2.15. The van der Waals surface area contributed by atoms with Crippen LogP contribution in [0.3, 0.4) is 0 Å². The number of para-hydroxylation sites is 6. The Morgan fingerprint density at radius 1 is 0.205 bits per heavy atom. The van der Waals surface area contributed by atoms with E-state index in [1.54, 1.807) is 0 Å².